The van der Waals surface area contributed by atoms with Crippen LogP contribution in [0, 0.1) is 0 Å². The Morgan fingerprint density at radius 3 is 2.27 bits per heavy atom. The number of imide groups is 1. The number of para-hydroxylation sites is 1. The van der Waals surface area contributed by atoms with Crippen molar-refractivity contribution in [1.29, 1.82) is 0 Å². The van der Waals surface area contributed by atoms with Crippen molar-refractivity contribution < 1.29 is 36.6 Å². The van der Waals surface area contributed by atoms with Crippen LogP contribution in [0.25, 0.3) is 44.1 Å². The molecule has 3 aromatic carbocycles. The number of rotatable bonds is 8. The van der Waals surface area contributed by atoms with Gasteiger partial charge in [-0.2, -0.15) is 8.78 Å². The minimum atomic E-state index is -3.27. The number of fused-ring (bicyclic) bond motifs is 3. The van der Waals surface area contributed by atoms with Gasteiger partial charge in [0.15, 0.2) is 0 Å². The molecule has 9 rings (SSSR count). The number of anilines is 2. The number of nitrogens with one attached hydrogen (secondary N) is 1. The van der Waals surface area contributed by atoms with Crippen LogP contribution in [0.3, 0.4) is 0 Å². The number of ether oxygens (including phenoxy) is 2. The number of aryl methyl sites for hydroxylation is 2. The molecule has 3 aliphatic rings. The molecule has 1 N–H and O–H groups in total. The van der Waals surface area contributed by atoms with Crippen molar-refractivity contribution in [2.24, 2.45) is 14.1 Å². The molecule has 3 aromatic heterocycles. The zero-order chi connectivity index (χ0) is 41.7. The minimum absolute atomic E-state index is 0.0291. The fourth-order valence-corrected chi connectivity index (χ4v) is 8.64. The molecule has 0 spiro atoms. The summed E-state index contributed by atoms with van der Waals surface area (Å²) < 4.78 is 75.4. The van der Waals surface area contributed by atoms with Gasteiger partial charge < -0.3 is 23.8 Å². The van der Waals surface area contributed by atoms with Crippen LogP contribution in [0.15, 0.2) is 76.6 Å². The Morgan fingerprint density at radius 1 is 0.864 bits per heavy atom. The van der Waals surface area contributed by atoms with Crippen LogP contribution in [-0.4, -0.2) is 70.3 Å². The lowest BCUT2D eigenvalue weighted by molar-refractivity contribution is -0.135. The number of benzene rings is 3. The first-order valence-electron chi connectivity index (χ1n) is 18.8. The Labute approximate surface area is 333 Å². The average molecular weight is 812 g/mol. The second-order valence-electron chi connectivity index (χ2n) is 15.3. The highest BCUT2D eigenvalue weighted by Crippen LogP contribution is 2.48. The molecule has 17 heteroatoms. The number of carbonyl (C=O) groups is 2. The predicted molar refractivity (Wildman–Crippen MR) is 212 cm³/mol. The Balaban J connectivity index is 1.08. The van der Waals surface area contributed by atoms with E-state index in [1.165, 1.54) is 50.0 Å². The van der Waals surface area contributed by atoms with Gasteiger partial charge in [0, 0.05) is 60.7 Å². The molecule has 3 aliphatic heterocycles. The van der Waals surface area contributed by atoms with Crippen LogP contribution in [0.1, 0.15) is 30.0 Å². The van der Waals surface area contributed by atoms with E-state index in [0.717, 1.165) is 0 Å². The van der Waals surface area contributed by atoms with Crippen LogP contribution in [-0.2, 0) is 36.2 Å². The number of nitrogens with zero attached hydrogens (tertiary/aromatic N) is 6. The van der Waals surface area contributed by atoms with Gasteiger partial charge in [-0.3, -0.25) is 28.8 Å². The molecule has 2 amide bonds. The average Bonchev–Trinajstić information content (AvgIpc) is 3.61. The Morgan fingerprint density at radius 2 is 1.59 bits per heavy atom. The zero-order valence-electron chi connectivity index (χ0n) is 32.3. The van der Waals surface area contributed by atoms with Crippen molar-refractivity contribution in [3.05, 3.63) is 99.0 Å². The lowest BCUT2D eigenvalue weighted by Gasteiger charge is -2.39. The van der Waals surface area contributed by atoms with E-state index in [-0.39, 0.29) is 41.6 Å². The highest BCUT2D eigenvalue weighted by Gasteiger charge is 2.45. The van der Waals surface area contributed by atoms with E-state index in [4.69, 9.17) is 9.47 Å². The van der Waals surface area contributed by atoms with Crippen LogP contribution >= 0.6 is 0 Å². The number of halogens is 4. The number of carbonyl (C=O) groups excluding carboxylic acids is 2. The predicted octanol–water partition coefficient (Wildman–Crippen LogP) is 5.48. The topological polar surface area (TPSA) is 133 Å². The van der Waals surface area contributed by atoms with Gasteiger partial charge in [0.1, 0.15) is 23.4 Å². The summed E-state index contributed by atoms with van der Waals surface area (Å²) in [6.45, 7) is -1.65. The first kappa shape index (κ1) is 37.9. The SMILES string of the molecule is COc1cc(-c2cn(C)c(=O)c3cnc(N4CC(F)(F)C4)cc23)cc(OC)c1CN1CC(F)(F)c2cc(-c3cccc4c3n(C)c(=O)n4C3CCC(=O)NC3=O)ccc21. The van der Waals surface area contributed by atoms with Crippen molar-refractivity contribution in [2.75, 3.05) is 43.7 Å². The number of aromatic nitrogens is 4. The number of methoxy groups -OCH3 is 2. The van der Waals surface area contributed by atoms with Crippen molar-refractivity contribution >= 4 is 45.1 Å². The van der Waals surface area contributed by atoms with E-state index in [9.17, 15) is 28.0 Å². The second-order valence-corrected chi connectivity index (χ2v) is 15.3. The van der Waals surface area contributed by atoms with Crippen LogP contribution < -0.4 is 35.8 Å². The standard InChI is InChI=1S/C42H37F4N7O6/c1-49-17-27(25-15-35(47-16-26(25)39(49)56)52-19-41(43,44)20-52)23-13-33(58-3)28(34(14-23)59-4)18-51-21-42(45,46)29-12-22(8-9-30(29)51)24-6-5-7-31-37(24)50(2)40(57)53(31)32-10-11-36(54)48-38(32)55/h5-9,12-17,32H,10-11,18-21H2,1-4H3,(H,48,54,55). The van der Waals surface area contributed by atoms with Crippen molar-refractivity contribution in [3.8, 4) is 33.8 Å². The molecule has 2 saturated heterocycles. The molecule has 59 heavy (non-hydrogen) atoms. The maximum atomic E-state index is 16.1. The van der Waals surface area contributed by atoms with Gasteiger partial charge in [-0.15, -0.1) is 0 Å². The molecule has 6 heterocycles. The van der Waals surface area contributed by atoms with Crippen LogP contribution in [0.2, 0.25) is 0 Å². The lowest BCUT2D eigenvalue weighted by atomic mass is 9.98. The molecular formula is C42H37F4N7O6. The van der Waals surface area contributed by atoms with E-state index in [1.54, 1.807) is 68.8 Å². The first-order valence-corrected chi connectivity index (χ1v) is 18.8. The van der Waals surface area contributed by atoms with Gasteiger partial charge in [0.05, 0.1) is 62.4 Å². The summed E-state index contributed by atoms with van der Waals surface area (Å²) >= 11 is 0. The van der Waals surface area contributed by atoms with E-state index >= 15 is 8.78 Å². The van der Waals surface area contributed by atoms with Crippen molar-refractivity contribution in [1.82, 2.24) is 24.0 Å². The summed E-state index contributed by atoms with van der Waals surface area (Å²) in [4.78, 5) is 58.5. The van der Waals surface area contributed by atoms with Gasteiger partial charge >= 0.3 is 5.69 Å². The molecule has 1 unspecified atom stereocenters. The van der Waals surface area contributed by atoms with Gasteiger partial charge in [-0.05, 0) is 53.9 Å². The number of pyridine rings is 2. The molecule has 13 nitrogen and oxygen atoms in total. The highest BCUT2D eigenvalue weighted by atomic mass is 19.3. The Kier molecular flexibility index (Phi) is 8.65. The lowest BCUT2D eigenvalue weighted by Crippen LogP contribution is -2.56. The highest BCUT2D eigenvalue weighted by molar-refractivity contribution is 6.01. The summed E-state index contributed by atoms with van der Waals surface area (Å²) in [5.41, 5.74) is 2.76. The summed E-state index contributed by atoms with van der Waals surface area (Å²) in [7, 11) is 6.05. The van der Waals surface area contributed by atoms with E-state index < -0.39 is 55.0 Å². The number of hydrogen-bond donors (Lipinski definition) is 1. The van der Waals surface area contributed by atoms with Gasteiger partial charge in [-0.1, -0.05) is 18.2 Å². The van der Waals surface area contributed by atoms with E-state index in [1.807, 2.05) is 0 Å². The molecule has 1 atom stereocenters. The van der Waals surface area contributed by atoms with Crippen LogP contribution in [0.4, 0.5) is 29.1 Å². The molecule has 0 saturated carbocycles. The number of piperidine rings is 1. The maximum absolute atomic E-state index is 16.1. The Bertz CT molecular complexity index is 2870. The third-order valence-electron chi connectivity index (χ3n) is 11.5. The van der Waals surface area contributed by atoms with Gasteiger partial charge in [-0.25, -0.2) is 18.6 Å². The summed E-state index contributed by atoms with van der Waals surface area (Å²) in [6, 6.07) is 14.0. The molecule has 0 radical (unpaired) electrons. The van der Waals surface area contributed by atoms with Crippen LogP contribution in [0.5, 0.6) is 11.5 Å². The molecular weight excluding hydrogens is 774 g/mol. The summed E-state index contributed by atoms with van der Waals surface area (Å²) in [6.07, 6.45) is 3.24. The van der Waals surface area contributed by atoms with E-state index in [2.05, 4.69) is 10.3 Å². The second kappa shape index (κ2) is 13.5. The third kappa shape index (κ3) is 6.09. The fourth-order valence-electron chi connectivity index (χ4n) is 8.64. The smallest absolute Gasteiger partial charge is 0.329 e. The van der Waals surface area contributed by atoms with Crippen molar-refractivity contribution in [2.45, 2.75) is 37.3 Å². The van der Waals surface area contributed by atoms with Gasteiger partial charge in [0.2, 0.25) is 11.8 Å². The maximum Gasteiger partial charge on any atom is 0.329 e. The minimum Gasteiger partial charge on any atom is -0.496 e. The number of alkyl halides is 4. The molecule has 0 bridgehead atoms. The fraction of sp³-hybridized carbons (Fsp3) is 0.310. The monoisotopic (exact) mass is 811 g/mol. The van der Waals surface area contributed by atoms with E-state index in [0.29, 0.717) is 61.6 Å². The number of amides is 2. The molecule has 0 aliphatic carbocycles. The quantitative estimate of drug-likeness (QED) is 0.157. The number of imidazole rings is 1. The van der Waals surface area contributed by atoms with Gasteiger partial charge in [0.25, 0.3) is 17.4 Å². The Hall–Kier alpha value is -6.65. The number of hydrogen-bond acceptors (Lipinski definition) is 9. The first-order chi connectivity index (χ1) is 28.1. The largest absolute Gasteiger partial charge is 0.496 e. The summed E-state index contributed by atoms with van der Waals surface area (Å²) in [5, 5.41) is 3.06. The van der Waals surface area contributed by atoms with Crippen molar-refractivity contribution in [3.63, 3.8) is 0 Å². The molecule has 304 valence electrons. The third-order valence-corrected chi connectivity index (χ3v) is 11.5. The normalized spacial score (nSPS) is 18.3. The molecule has 2 fully saturated rings. The summed E-state index contributed by atoms with van der Waals surface area (Å²) in [5.74, 6) is -6.12. The molecule has 6 aromatic rings. The zero-order valence-corrected chi connectivity index (χ0v) is 32.3.